The minimum Gasteiger partial charge on any atom is -0.456 e. The van der Waals surface area contributed by atoms with Crippen LogP contribution in [-0.2, 0) is 0 Å². The molecule has 7 aromatic carbocycles. The predicted octanol–water partition coefficient (Wildman–Crippen LogP) is 12.3. The fraction of sp³-hybridized carbons (Fsp3) is 0. The molecule has 0 unspecified atom stereocenters. The van der Waals surface area contributed by atoms with Gasteiger partial charge in [-0.2, -0.15) is 0 Å². The van der Waals surface area contributed by atoms with Gasteiger partial charge in [-0.15, -0.1) is 0 Å². The highest BCUT2D eigenvalue weighted by Crippen LogP contribution is 2.46. The van der Waals surface area contributed by atoms with Crippen molar-refractivity contribution in [2.24, 2.45) is 0 Å². The lowest BCUT2D eigenvalue weighted by atomic mass is 9.95. The minimum absolute atomic E-state index is 0.832. The van der Waals surface area contributed by atoms with Crippen molar-refractivity contribution < 1.29 is 8.83 Å². The minimum atomic E-state index is 0.832. The first-order valence-electron chi connectivity index (χ1n) is 15.2. The number of nitrogens with zero attached hydrogens (tertiary/aromatic N) is 1. The van der Waals surface area contributed by atoms with Crippen molar-refractivity contribution in [2.45, 2.75) is 0 Å². The summed E-state index contributed by atoms with van der Waals surface area (Å²) in [5.74, 6) is 0. The molecule has 0 spiro atoms. The van der Waals surface area contributed by atoms with Crippen molar-refractivity contribution in [3.63, 3.8) is 0 Å². The van der Waals surface area contributed by atoms with Crippen molar-refractivity contribution in [1.82, 2.24) is 0 Å². The zero-order valence-corrected chi connectivity index (χ0v) is 24.4. The highest BCUT2D eigenvalue weighted by molar-refractivity contribution is 6.23. The molecule has 0 aliphatic heterocycles. The SMILES string of the molecule is c1ccc(-c2ccc(-c3c4oc5cc(N(c6ccccc6)c6ccccc6)ccc5c4cc4oc5ccccc5c34)cc2)cc1. The van der Waals surface area contributed by atoms with Crippen LogP contribution < -0.4 is 4.90 Å². The van der Waals surface area contributed by atoms with E-state index in [1.54, 1.807) is 0 Å². The van der Waals surface area contributed by atoms with Crippen molar-refractivity contribution >= 4 is 60.9 Å². The van der Waals surface area contributed by atoms with Crippen LogP contribution in [0.15, 0.2) is 173 Å². The van der Waals surface area contributed by atoms with Crippen LogP contribution in [0.5, 0.6) is 0 Å². The lowest BCUT2D eigenvalue weighted by Gasteiger charge is -2.25. The molecular weight excluding hydrogens is 550 g/mol. The first kappa shape index (κ1) is 25.4. The first-order chi connectivity index (χ1) is 22.3. The van der Waals surface area contributed by atoms with Gasteiger partial charge in [0, 0.05) is 50.2 Å². The van der Waals surface area contributed by atoms with E-state index in [-0.39, 0.29) is 0 Å². The number of benzene rings is 7. The summed E-state index contributed by atoms with van der Waals surface area (Å²) >= 11 is 0. The summed E-state index contributed by atoms with van der Waals surface area (Å²) in [7, 11) is 0. The molecule has 0 amide bonds. The molecule has 2 heterocycles. The molecule has 3 heteroatoms. The molecule has 45 heavy (non-hydrogen) atoms. The topological polar surface area (TPSA) is 29.5 Å². The third-order valence-electron chi connectivity index (χ3n) is 8.65. The highest BCUT2D eigenvalue weighted by Gasteiger charge is 2.22. The molecule has 2 aromatic heterocycles. The molecule has 0 saturated heterocycles. The monoisotopic (exact) mass is 577 g/mol. The molecule has 0 N–H and O–H groups in total. The van der Waals surface area contributed by atoms with Crippen LogP contribution in [0.2, 0.25) is 0 Å². The van der Waals surface area contributed by atoms with E-state index in [0.29, 0.717) is 0 Å². The van der Waals surface area contributed by atoms with Gasteiger partial charge in [-0.05, 0) is 65.2 Å². The molecule has 0 aliphatic rings. The molecule has 212 valence electrons. The standard InChI is InChI=1S/C42H27NO2/c1-4-12-28(13-5-1)29-20-22-30(23-21-29)40-41-35-18-10-11-19-37(35)44-39(41)27-36-34-25-24-33(26-38(34)45-42(36)40)43(31-14-6-2-7-15-31)32-16-8-3-9-17-32/h1-27H. The Labute approximate surface area is 260 Å². The fourth-order valence-corrected chi connectivity index (χ4v) is 6.58. The van der Waals surface area contributed by atoms with E-state index in [4.69, 9.17) is 8.83 Å². The van der Waals surface area contributed by atoms with Crippen molar-refractivity contribution in [1.29, 1.82) is 0 Å². The Hall–Kier alpha value is -6.06. The number of anilines is 3. The zero-order valence-electron chi connectivity index (χ0n) is 24.4. The zero-order chi connectivity index (χ0) is 29.7. The van der Waals surface area contributed by atoms with Crippen molar-refractivity contribution in [3.05, 3.63) is 164 Å². The number of rotatable bonds is 5. The second kappa shape index (κ2) is 10.3. The smallest absolute Gasteiger partial charge is 0.144 e. The van der Waals surface area contributed by atoms with Gasteiger partial charge in [-0.1, -0.05) is 109 Å². The molecule has 0 aliphatic carbocycles. The van der Waals surface area contributed by atoms with Gasteiger partial charge in [-0.3, -0.25) is 0 Å². The molecule has 0 saturated carbocycles. The Bertz CT molecular complexity index is 2420. The predicted molar refractivity (Wildman–Crippen MR) is 187 cm³/mol. The van der Waals surface area contributed by atoms with Gasteiger partial charge in [0.15, 0.2) is 0 Å². The maximum absolute atomic E-state index is 6.87. The number of para-hydroxylation sites is 3. The number of hydrogen-bond acceptors (Lipinski definition) is 3. The lowest BCUT2D eigenvalue weighted by Crippen LogP contribution is -2.09. The van der Waals surface area contributed by atoms with Crippen LogP contribution >= 0.6 is 0 Å². The summed E-state index contributed by atoms with van der Waals surface area (Å²) in [5, 5.41) is 4.24. The second-order valence-corrected chi connectivity index (χ2v) is 11.3. The Kier molecular flexibility index (Phi) is 5.82. The van der Waals surface area contributed by atoms with Gasteiger partial charge in [-0.25, -0.2) is 0 Å². The van der Waals surface area contributed by atoms with Crippen LogP contribution in [0.1, 0.15) is 0 Å². The van der Waals surface area contributed by atoms with Crippen molar-refractivity contribution in [2.75, 3.05) is 4.90 Å². The third-order valence-corrected chi connectivity index (χ3v) is 8.65. The van der Waals surface area contributed by atoms with E-state index in [0.717, 1.165) is 72.1 Å². The quantitative estimate of drug-likeness (QED) is 0.204. The van der Waals surface area contributed by atoms with Crippen LogP contribution in [0.3, 0.4) is 0 Å². The summed E-state index contributed by atoms with van der Waals surface area (Å²) in [5.41, 5.74) is 11.1. The fourth-order valence-electron chi connectivity index (χ4n) is 6.58. The third kappa shape index (κ3) is 4.21. The normalized spacial score (nSPS) is 11.6. The molecular formula is C42H27NO2. The van der Waals surface area contributed by atoms with Gasteiger partial charge < -0.3 is 13.7 Å². The second-order valence-electron chi connectivity index (χ2n) is 11.3. The summed E-state index contributed by atoms with van der Waals surface area (Å²) in [6, 6.07) is 57.0. The summed E-state index contributed by atoms with van der Waals surface area (Å²) < 4.78 is 13.3. The highest BCUT2D eigenvalue weighted by atomic mass is 16.3. The van der Waals surface area contributed by atoms with Gasteiger partial charge in [0.05, 0.1) is 0 Å². The van der Waals surface area contributed by atoms with E-state index in [1.165, 1.54) is 11.1 Å². The number of fused-ring (bicyclic) bond motifs is 6. The molecule has 0 atom stereocenters. The molecule has 0 radical (unpaired) electrons. The van der Waals surface area contributed by atoms with E-state index < -0.39 is 0 Å². The van der Waals surface area contributed by atoms with E-state index in [1.807, 2.05) is 30.3 Å². The summed E-state index contributed by atoms with van der Waals surface area (Å²) in [4.78, 5) is 2.26. The largest absolute Gasteiger partial charge is 0.456 e. The summed E-state index contributed by atoms with van der Waals surface area (Å²) in [6.07, 6.45) is 0. The average Bonchev–Trinajstić information content (AvgIpc) is 3.66. The Balaban J connectivity index is 1.29. The maximum atomic E-state index is 6.87. The van der Waals surface area contributed by atoms with Crippen LogP contribution in [0.4, 0.5) is 17.1 Å². The molecule has 0 fully saturated rings. The Morgan fingerprint density at radius 1 is 0.356 bits per heavy atom. The van der Waals surface area contributed by atoms with E-state index >= 15 is 0 Å². The average molecular weight is 578 g/mol. The van der Waals surface area contributed by atoms with Crippen LogP contribution in [0, 0.1) is 0 Å². The lowest BCUT2D eigenvalue weighted by molar-refractivity contribution is 0.664. The number of hydrogen-bond donors (Lipinski definition) is 0. The van der Waals surface area contributed by atoms with E-state index in [2.05, 4.69) is 138 Å². The first-order valence-corrected chi connectivity index (χ1v) is 15.2. The maximum Gasteiger partial charge on any atom is 0.144 e. The molecule has 9 rings (SSSR count). The molecule has 0 bridgehead atoms. The Morgan fingerprint density at radius 3 is 1.67 bits per heavy atom. The van der Waals surface area contributed by atoms with E-state index in [9.17, 15) is 0 Å². The van der Waals surface area contributed by atoms with Gasteiger partial charge in [0.2, 0.25) is 0 Å². The molecule has 3 nitrogen and oxygen atoms in total. The summed E-state index contributed by atoms with van der Waals surface area (Å²) in [6.45, 7) is 0. The van der Waals surface area contributed by atoms with Gasteiger partial charge in [0.25, 0.3) is 0 Å². The van der Waals surface area contributed by atoms with Gasteiger partial charge in [0.1, 0.15) is 22.3 Å². The Morgan fingerprint density at radius 2 is 0.956 bits per heavy atom. The van der Waals surface area contributed by atoms with Gasteiger partial charge >= 0.3 is 0 Å². The number of furan rings is 2. The van der Waals surface area contributed by atoms with Crippen LogP contribution in [-0.4, -0.2) is 0 Å². The van der Waals surface area contributed by atoms with Crippen molar-refractivity contribution in [3.8, 4) is 22.3 Å². The van der Waals surface area contributed by atoms with Crippen LogP contribution in [0.25, 0.3) is 66.1 Å². The molecule has 9 aromatic rings.